The number of carbonyl (C=O) groups is 1. The highest BCUT2D eigenvalue weighted by molar-refractivity contribution is 5.86. The lowest BCUT2D eigenvalue weighted by Gasteiger charge is -2.42. The van der Waals surface area contributed by atoms with Crippen LogP contribution in [-0.4, -0.2) is 55.7 Å². The molecule has 0 aliphatic carbocycles. The summed E-state index contributed by atoms with van der Waals surface area (Å²) < 4.78 is 5.21. The summed E-state index contributed by atoms with van der Waals surface area (Å²) in [6.07, 6.45) is 1.73. The minimum atomic E-state index is -0.310. The van der Waals surface area contributed by atoms with Gasteiger partial charge < -0.3 is 19.9 Å². The van der Waals surface area contributed by atoms with Crippen LogP contribution >= 0.6 is 0 Å². The van der Waals surface area contributed by atoms with Crippen LogP contribution in [0, 0.1) is 6.92 Å². The second-order valence-electron chi connectivity index (χ2n) is 5.93. The SMILES string of the molecule is CNC(=O)C1CN(c2ccc(OC)cc2)CCN1c1ccnc(C)n1. The van der Waals surface area contributed by atoms with Crippen molar-refractivity contribution in [1.29, 1.82) is 0 Å². The fourth-order valence-corrected chi connectivity index (χ4v) is 3.08. The first-order valence-electron chi connectivity index (χ1n) is 8.29. The van der Waals surface area contributed by atoms with E-state index in [1.807, 2.05) is 42.2 Å². The van der Waals surface area contributed by atoms with Gasteiger partial charge in [-0.2, -0.15) is 0 Å². The Bertz CT molecular complexity index is 735. The van der Waals surface area contributed by atoms with Gasteiger partial charge in [0, 0.05) is 38.6 Å². The van der Waals surface area contributed by atoms with E-state index in [9.17, 15) is 4.79 Å². The van der Waals surface area contributed by atoms with Crippen LogP contribution in [0.4, 0.5) is 11.5 Å². The van der Waals surface area contributed by atoms with Gasteiger partial charge in [-0.05, 0) is 37.3 Å². The molecule has 1 atom stereocenters. The first-order valence-corrected chi connectivity index (χ1v) is 8.29. The van der Waals surface area contributed by atoms with Crippen molar-refractivity contribution >= 4 is 17.4 Å². The third-order valence-corrected chi connectivity index (χ3v) is 4.42. The third kappa shape index (κ3) is 3.65. The van der Waals surface area contributed by atoms with E-state index in [2.05, 4.69) is 20.2 Å². The van der Waals surface area contributed by atoms with Crippen LogP contribution in [0.3, 0.4) is 0 Å². The Labute approximate surface area is 147 Å². The van der Waals surface area contributed by atoms with Crippen molar-refractivity contribution in [2.75, 3.05) is 43.6 Å². The molecule has 1 N–H and O–H groups in total. The Morgan fingerprint density at radius 3 is 2.64 bits per heavy atom. The summed E-state index contributed by atoms with van der Waals surface area (Å²) in [5.74, 6) is 2.29. The zero-order chi connectivity index (χ0) is 17.8. The fraction of sp³-hybridized carbons (Fsp3) is 0.389. The van der Waals surface area contributed by atoms with Gasteiger partial charge in [0.25, 0.3) is 0 Å². The molecule has 25 heavy (non-hydrogen) atoms. The molecule has 2 aromatic rings. The Hall–Kier alpha value is -2.83. The molecular weight excluding hydrogens is 318 g/mol. The zero-order valence-electron chi connectivity index (χ0n) is 14.8. The first kappa shape index (κ1) is 17.0. The van der Waals surface area contributed by atoms with Gasteiger partial charge in [-0.3, -0.25) is 4.79 Å². The highest BCUT2D eigenvalue weighted by Gasteiger charge is 2.33. The summed E-state index contributed by atoms with van der Waals surface area (Å²) in [5.41, 5.74) is 1.08. The standard InChI is InChI=1S/C18H23N5O2/c1-13-20-9-8-17(21-13)23-11-10-22(12-16(23)18(24)19-2)14-4-6-15(25-3)7-5-14/h4-9,16H,10-12H2,1-3H3,(H,19,24). The van der Waals surface area contributed by atoms with Crippen LogP contribution in [0.25, 0.3) is 0 Å². The lowest BCUT2D eigenvalue weighted by molar-refractivity contribution is -0.121. The number of hydrogen-bond acceptors (Lipinski definition) is 6. The van der Waals surface area contributed by atoms with Gasteiger partial charge in [-0.15, -0.1) is 0 Å². The minimum Gasteiger partial charge on any atom is -0.497 e. The minimum absolute atomic E-state index is 0.0190. The van der Waals surface area contributed by atoms with E-state index < -0.39 is 0 Å². The lowest BCUT2D eigenvalue weighted by atomic mass is 10.1. The van der Waals surface area contributed by atoms with Crippen LogP contribution in [0.5, 0.6) is 5.75 Å². The Balaban J connectivity index is 1.83. The second kappa shape index (κ2) is 7.38. The van der Waals surface area contributed by atoms with Crippen LogP contribution in [-0.2, 0) is 4.79 Å². The normalized spacial score (nSPS) is 17.3. The number of amides is 1. The number of aromatic nitrogens is 2. The average molecular weight is 341 g/mol. The maximum Gasteiger partial charge on any atom is 0.244 e. The molecule has 1 saturated heterocycles. The quantitative estimate of drug-likeness (QED) is 0.902. The largest absolute Gasteiger partial charge is 0.497 e. The van der Waals surface area contributed by atoms with Crippen molar-refractivity contribution in [2.24, 2.45) is 0 Å². The molecule has 0 radical (unpaired) electrons. The molecule has 1 aromatic heterocycles. The number of likely N-dealkylation sites (N-methyl/N-ethyl adjacent to an activating group) is 1. The van der Waals surface area contributed by atoms with Gasteiger partial charge in [0.2, 0.25) is 5.91 Å². The molecule has 2 heterocycles. The van der Waals surface area contributed by atoms with Gasteiger partial charge >= 0.3 is 0 Å². The van der Waals surface area contributed by atoms with Crippen molar-refractivity contribution in [3.05, 3.63) is 42.4 Å². The van der Waals surface area contributed by atoms with Crippen LogP contribution in [0.1, 0.15) is 5.82 Å². The molecule has 1 aromatic carbocycles. The summed E-state index contributed by atoms with van der Waals surface area (Å²) in [6, 6.07) is 9.45. The molecule has 1 aliphatic heterocycles. The smallest absolute Gasteiger partial charge is 0.244 e. The Kier molecular flexibility index (Phi) is 5.02. The van der Waals surface area contributed by atoms with Crippen molar-refractivity contribution < 1.29 is 9.53 Å². The maximum absolute atomic E-state index is 12.5. The molecule has 0 saturated carbocycles. The number of hydrogen-bond donors (Lipinski definition) is 1. The summed E-state index contributed by atoms with van der Waals surface area (Å²) >= 11 is 0. The van der Waals surface area contributed by atoms with Gasteiger partial charge in [0.15, 0.2) is 0 Å². The highest BCUT2D eigenvalue weighted by atomic mass is 16.5. The molecule has 7 heteroatoms. The van der Waals surface area contributed by atoms with Crippen molar-refractivity contribution in [1.82, 2.24) is 15.3 Å². The van der Waals surface area contributed by atoms with E-state index in [1.165, 1.54) is 0 Å². The van der Waals surface area contributed by atoms with Crippen LogP contribution in [0.2, 0.25) is 0 Å². The number of piperazine rings is 1. The number of anilines is 2. The number of benzene rings is 1. The summed E-state index contributed by atoms with van der Waals surface area (Å²) in [5, 5.41) is 2.77. The maximum atomic E-state index is 12.5. The zero-order valence-corrected chi connectivity index (χ0v) is 14.8. The fourth-order valence-electron chi connectivity index (χ4n) is 3.08. The number of methoxy groups -OCH3 is 1. The van der Waals surface area contributed by atoms with E-state index in [4.69, 9.17) is 4.74 Å². The van der Waals surface area contributed by atoms with Crippen LogP contribution in [0.15, 0.2) is 36.5 Å². The van der Waals surface area contributed by atoms with Crippen molar-refractivity contribution in [2.45, 2.75) is 13.0 Å². The number of nitrogens with one attached hydrogen (secondary N) is 1. The van der Waals surface area contributed by atoms with Gasteiger partial charge in [-0.1, -0.05) is 0 Å². The predicted molar refractivity (Wildman–Crippen MR) is 97.2 cm³/mol. The number of nitrogens with zero attached hydrogens (tertiary/aromatic N) is 4. The lowest BCUT2D eigenvalue weighted by Crippen LogP contribution is -2.59. The Morgan fingerprint density at radius 2 is 2.00 bits per heavy atom. The van der Waals surface area contributed by atoms with E-state index in [-0.39, 0.29) is 11.9 Å². The number of ether oxygens (including phenoxy) is 1. The summed E-state index contributed by atoms with van der Waals surface area (Å²) in [7, 11) is 3.32. The van der Waals surface area contributed by atoms with Crippen molar-refractivity contribution in [3.8, 4) is 5.75 Å². The number of rotatable bonds is 4. The average Bonchev–Trinajstić information content (AvgIpc) is 2.67. The topological polar surface area (TPSA) is 70.6 Å². The van der Waals surface area contributed by atoms with E-state index in [0.29, 0.717) is 18.9 Å². The van der Waals surface area contributed by atoms with Crippen LogP contribution < -0.4 is 19.9 Å². The molecule has 0 bridgehead atoms. The molecule has 1 fully saturated rings. The first-order chi connectivity index (χ1) is 12.1. The molecule has 1 unspecified atom stereocenters. The van der Waals surface area contributed by atoms with E-state index in [1.54, 1.807) is 20.4 Å². The molecule has 1 aliphatic rings. The van der Waals surface area contributed by atoms with Gasteiger partial charge in [0.1, 0.15) is 23.4 Å². The number of aryl methyl sites for hydroxylation is 1. The van der Waals surface area contributed by atoms with Gasteiger partial charge in [-0.25, -0.2) is 9.97 Å². The summed E-state index contributed by atoms with van der Waals surface area (Å²) in [4.78, 5) is 25.4. The molecular formula is C18H23N5O2. The van der Waals surface area contributed by atoms with E-state index >= 15 is 0 Å². The Morgan fingerprint density at radius 1 is 1.24 bits per heavy atom. The second-order valence-corrected chi connectivity index (χ2v) is 5.93. The molecule has 3 rings (SSSR count). The van der Waals surface area contributed by atoms with Crippen molar-refractivity contribution in [3.63, 3.8) is 0 Å². The highest BCUT2D eigenvalue weighted by Crippen LogP contribution is 2.24. The third-order valence-electron chi connectivity index (χ3n) is 4.42. The molecule has 1 amide bonds. The predicted octanol–water partition coefficient (Wildman–Crippen LogP) is 1.23. The molecule has 7 nitrogen and oxygen atoms in total. The molecule has 0 spiro atoms. The monoisotopic (exact) mass is 341 g/mol. The van der Waals surface area contributed by atoms with E-state index in [0.717, 1.165) is 23.8 Å². The number of carbonyl (C=O) groups excluding carboxylic acids is 1. The summed E-state index contributed by atoms with van der Waals surface area (Å²) in [6.45, 7) is 3.96. The molecule has 132 valence electrons. The van der Waals surface area contributed by atoms with Gasteiger partial charge in [0.05, 0.1) is 7.11 Å².